The van der Waals surface area contributed by atoms with Crippen LogP contribution in [0.25, 0.3) is 5.69 Å². The molecule has 4 heteroatoms. The normalized spacial score (nSPS) is 15.1. The maximum atomic E-state index is 4.33. The first-order valence-corrected chi connectivity index (χ1v) is 6.64. The molecular weight excluding hydrogens is 278 g/mol. The van der Waals surface area contributed by atoms with Gasteiger partial charge in [0.25, 0.3) is 0 Å². The molecule has 1 aromatic carbocycles. The van der Waals surface area contributed by atoms with Gasteiger partial charge in [0, 0.05) is 18.8 Å². The lowest BCUT2D eigenvalue weighted by Crippen LogP contribution is -2.16. The smallest absolute Gasteiger partial charge is 0.0690 e. The Labute approximate surface area is 109 Å². The molecule has 1 aromatic heterocycles. The summed E-state index contributed by atoms with van der Waals surface area (Å²) >= 11 is 3.43. The van der Waals surface area contributed by atoms with Crippen molar-refractivity contribution >= 4 is 15.9 Å². The highest BCUT2D eigenvalue weighted by Crippen LogP contribution is 2.21. The van der Waals surface area contributed by atoms with Crippen molar-refractivity contribution in [1.29, 1.82) is 0 Å². The third-order valence-electron chi connectivity index (χ3n) is 2.95. The Morgan fingerprint density at radius 1 is 1.35 bits per heavy atom. The van der Waals surface area contributed by atoms with E-state index in [9.17, 15) is 0 Å². The Morgan fingerprint density at radius 2 is 2.18 bits per heavy atom. The number of aromatic nitrogens is 2. The van der Waals surface area contributed by atoms with Crippen molar-refractivity contribution < 1.29 is 0 Å². The predicted molar refractivity (Wildman–Crippen MR) is 71.1 cm³/mol. The zero-order chi connectivity index (χ0) is 11.7. The molecule has 2 aromatic rings. The lowest BCUT2D eigenvalue weighted by atomic mass is 10.2. The number of benzene rings is 1. The topological polar surface area (TPSA) is 29.9 Å². The van der Waals surface area contributed by atoms with Gasteiger partial charge >= 0.3 is 0 Å². The van der Waals surface area contributed by atoms with Gasteiger partial charge in [-0.15, -0.1) is 0 Å². The number of nitrogens with one attached hydrogen (secondary N) is 1. The zero-order valence-electron chi connectivity index (χ0n) is 9.44. The molecule has 0 bridgehead atoms. The van der Waals surface area contributed by atoms with Crippen molar-refractivity contribution in [3.63, 3.8) is 0 Å². The number of hydrogen-bond donors (Lipinski definition) is 1. The van der Waals surface area contributed by atoms with Crippen LogP contribution in [0.4, 0.5) is 0 Å². The molecule has 1 saturated carbocycles. The molecule has 1 heterocycles. The van der Waals surface area contributed by atoms with E-state index in [2.05, 4.69) is 44.5 Å². The fraction of sp³-hybridized carbons (Fsp3) is 0.308. The number of rotatable bonds is 4. The summed E-state index contributed by atoms with van der Waals surface area (Å²) in [6, 6.07) is 9.11. The van der Waals surface area contributed by atoms with Crippen molar-refractivity contribution in [3.8, 4) is 5.69 Å². The molecule has 3 nitrogen and oxygen atoms in total. The van der Waals surface area contributed by atoms with Crippen molar-refractivity contribution in [1.82, 2.24) is 15.1 Å². The Morgan fingerprint density at radius 3 is 2.88 bits per heavy atom. The van der Waals surface area contributed by atoms with E-state index < -0.39 is 0 Å². The van der Waals surface area contributed by atoms with E-state index in [4.69, 9.17) is 0 Å². The molecule has 0 amide bonds. The minimum absolute atomic E-state index is 0.729. The van der Waals surface area contributed by atoms with Gasteiger partial charge < -0.3 is 5.32 Å². The Bertz CT molecular complexity index is 517. The minimum Gasteiger partial charge on any atom is -0.310 e. The second-order valence-electron chi connectivity index (χ2n) is 4.39. The zero-order valence-corrected chi connectivity index (χ0v) is 11.0. The Hall–Kier alpha value is -1.13. The van der Waals surface area contributed by atoms with E-state index in [0.717, 1.165) is 22.7 Å². The van der Waals surface area contributed by atoms with Crippen LogP contribution in [0.1, 0.15) is 18.4 Å². The molecule has 3 rings (SSSR count). The van der Waals surface area contributed by atoms with E-state index in [1.807, 2.05) is 23.1 Å². The molecule has 1 fully saturated rings. The van der Waals surface area contributed by atoms with E-state index in [1.165, 1.54) is 18.4 Å². The highest BCUT2D eigenvalue weighted by molar-refractivity contribution is 9.10. The highest BCUT2D eigenvalue weighted by Gasteiger charge is 2.20. The third-order valence-corrected chi connectivity index (χ3v) is 3.36. The summed E-state index contributed by atoms with van der Waals surface area (Å²) in [6.45, 7) is 0.915. The monoisotopic (exact) mass is 291 g/mol. The van der Waals surface area contributed by atoms with Crippen molar-refractivity contribution in [2.75, 3.05) is 0 Å². The molecule has 1 aliphatic rings. The second kappa shape index (κ2) is 4.63. The highest BCUT2D eigenvalue weighted by atomic mass is 79.9. The lowest BCUT2D eigenvalue weighted by Gasteiger charge is -2.09. The quantitative estimate of drug-likeness (QED) is 0.939. The molecule has 1 N–H and O–H groups in total. The van der Waals surface area contributed by atoms with Crippen LogP contribution in [0, 0.1) is 0 Å². The van der Waals surface area contributed by atoms with Crippen LogP contribution in [0.15, 0.2) is 41.1 Å². The van der Waals surface area contributed by atoms with E-state index in [1.54, 1.807) is 0 Å². The van der Waals surface area contributed by atoms with Gasteiger partial charge in [-0.25, -0.2) is 4.68 Å². The van der Waals surface area contributed by atoms with Gasteiger partial charge in [-0.1, -0.05) is 18.2 Å². The fourth-order valence-corrected chi connectivity index (χ4v) is 2.14. The lowest BCUT2D eigenvalue weighted by molar-refractivity contribution is 0.681. The average Bonchev–Trinajstić information content (AvgIpc) is 3.08. The first kappa shape index (κ1) is 11.0. The fourth-order valence-electron chi connectivity index (χ4n) is 1.86. The van der Waals surface area contributed by atoms with Crippen LogP contribution in [-0.4, -0.2) is 15.8 Å². The van der Waals surface area contributed by atoms with Crippen LogP contribution in [0.5, 0.6) is 0 Å². The van der Waals surface area contributed by atoms with Gasteiger partial charge in [0.05, 0.1) is 16.4 Å². The Kier molecular flexibility index (Phi) is 2.99. The van der Waals surface area contributed by atoms with E-state index >= 15 is 0 Å². The molecule has 0 atom stereocenters. The SMILES string of the molecule is Brc1cnn(-c2ccccc2CNC2CC2)c1. The van der Waals surface area contributed by atoms with Gasteiger partial charge in [-0.3, -0.25) is 0 Å². The largest absolute Gasteiger partial charge is 0.310 e. The van der Waals surface area contributed by atoms with Crippen LogP contribution in [0.3, 0.4) is 0 Å². The molecule has 0 saturated heterocycles. The molecule has 1 aliphatic carbocycles. The van der Waals surface area contributed by atoms with Crippen molar-refractivity contribution in [2.24, 2.45) is 0 Å². The van der Waals surface area contributed by atoms with Crippen LogP contribution >= 0.6 is 15.9 Å². The second-order valence-corrected chi connectivity index (χ2v) is 5.30. The summed E-state index contributed by atoms with van der Waals surface area (Å²) in [6.07, 6.45) is 6.42. The molecule has 0 aliphatic heterocycles. The summed E-state index contributed by atoms with van der Waals surface area (Å²) in [5.41, 5.74) is 2.43. The maximum Gasteiger partial charge on any atom is 0.0690 e. The van der Waals surface area contributed by atoms with Crippen molar-refractivity contribution in [2.45, 2.75) is 25.4 Å². The number of para-hydroxylation sites is 1. The number of hydrogen-bond acceptors (Lipinski definition) is 2. The van der Waals surface area contributed by atoms with Crippen molar-refractivity contribution in [3.05, 3.63) is 46.7 Å². The summed E-state index contributed by atoms with van der Waals surface area (Å²) in [5, 5.41) is 7.87. The summed E-state index contributed by atoms with van der Waals surface area (Å²) < 4.78 is 2.91. The molecular formula is C13H14BrN3. The van der Waals surface area contributed by atoms with Gasteiger partial charge in [-0.05, 0) is 40.4 Å². The summed E-state index contributed by atoms with van der Waals surface area (Å²) in [7, 11) is 0. The first-order chi connectivity index (χ1) is 8.33. The maximum absolute atomic E-state index is 4.33. The summed E-state index contributed by atoms with van der Waals surface area (Å²) in [5.74, 6) is 0. The van der Waals surface area contributed by atoms with Crippen LogP contribution < -0.4 is 5.32 Å². The van der Waals surface area contributed by atoms with Gasteiger partial charge in [0.15, 0.2) is 0 Å². The van der Waals surface area contributed by atoms with Gasteiger partial charge in [0.1, 0.15) is 0 Å². The predicted octanol–water partition coefficient (Wildman–Crippen LogP) is 2.89. The number of nitrogens with zero attached hydrogens (tertiary/aromatic N) is 2. The first-order valence-electron chi connectivity index (χ1n) is 5.85. The van der Waals surface area contributed by atoms with E-state index in [-0.39, 0.29) is 0 Å². The van der Waals surface area contributed by atoms with Crippen LogP contribution in [0.2, 0.25) is 0 Å². The minimum atomic E-state index is 0.729. The van der Waals surface area contributed by atoms with E-state index in [0.29, 0.717) is 0 Å². The number of halogens is 1. The average molecular weight is 292 g/mol. The molecule has 0 radical (unpaired) electrons. The Balaban J connectivity index is 1.86. The third kappa shape index (κ3) is 2.58. The molecule has 17 heavy (non-hydrogen) atoms. The molecule has 0 spiro atoms. The standard InChI is InChI=1S/C13H14BrN3/c14-11-8-16-17(9-11)13-4-2-1-3-10(13)7-15-12-5-6-12/h1-4,8-9,12,15H,5-7H2. The summed E-state index contributed by atoms with van der Waals surface area (Å²) in [4.78, 5) is 0. The molecule has 88 valence electrons. The molecule has 0 unspecified atom stereocenters. The van der Waals surface area contributed by atoms with Crippen LogP contribution in [-0.2, 0) is 6.54 Å². The van der Waals surface area contributed by atoms with Gasteiger partial charge in [0.2, 0.25) is 0 Å². The van der Waals surface area contributed by atoms with Gasteiger partial charge in [-0.2, -0.15) is 5.10 Å².